The second-order valence-corrected chi connectivity index (χ2v) is 3.48. The van der Waals surface area contributed by atoms with Gasteiger partial charge in [-0.25, -0.2) is 4.79 Å². The first kappa shape index (κ1) is 10.9. The van der Waals surface area contributed by atoms with E-state index in [9.17, 15) is 9.59 Å². The molecule has 0 saturated carbocycles. The van der Waals surface area contributed by atoms with Crippen molar-refractivity contribution in [2.24, 2.45) is 5.73 Å². The number of nitrogens with two attached hydrogens (primary N) is 1. The maximum Gasteiger partial charge on any atom is 0.335 e. The summed E-state index contributed by atoms with van der Waals surface area (Å²) in [5, 5.41) is 8.88. The second kappa shape index (κ2) is 4.13. The number of rotatable bonds is 3. The molecule has 0 aliphatic carbocycles. The largest absolute Gasteiger partial charge is 0.478 e. The summed E-state index contributed by atoms with van der Waals surface area (Å²) in [4.78, 5) is 22.0. The number of aromatic carboxylic acids is 1. The quantitative estimate of drug-likeness (QED) is 0.832. The number of carbonyl (C=O) groups excluding carboxylic acids is 1. The Balaban J connectivity index is 2.53. The molecule has 2 aromatic rings. The van der Waals surface area contributed by atoms with Crippen LogP contribution in [0.1, 0.15) is 20.8 Å². The Kier molecular flexibility index (Phi) is 2.66. The van der Waals surface area contributed by atoms with Gasteiger partial charge in [0.2, 0.25) is 0 Å². The number of hydrogen-bond donors (Lipinski definition) is 2. The number of benzene rings is 1. The van der Waals surface area contributed by atoms with E-state index in [1.807, 2.05) is 0 Å². The molecule has 86 valence electrons. The second-order valence-electron chi connectivity index (χ2n) is 3.48. The molecule has 0 spiro atoms. The van der Waals surface area contributed by atoms with E-state index in [1.165, 1.54) is 12.1 Å². The fourth-order valence-electron chi connectivity index (χ4n) is 1.60. The monoisotopic (exact) mass is 230 g/mol. The minimum atomic E-state index is -1.01. The van der Waals surface area contributed by atoms with Crippen LogP contribution in [0.5, 0.6) is 0 Å². The lowest BCUT2D eigenvalue weighted by atomic mass is 10.2. The number of primary amides is 1. The Bertz CT molecular complexity index is 587. The molecule has 0 bridgehead atoms. The topological polar surface area (TPSA) is 85.3 Å². The predicted octanol–water partition coefficient (Wildman–Crippen LogP) is 1.27. The third-order valence-corrected chi connectivity index (χ3v) is 2.37. The van der Waals surface area contributed by atoms with Crippen molar-refractivity contribution in [3.8, 4) is 5.69 Å². The van der Waals surface area contributed by atoms with E-state index < -0.39 is 11.9 Å². The number of nitrogens with zero attached hydrogens (tertiary/aromatic N) is 1. The highest BCUT2D eigenvalue weighted by molar-refractivity contribution is 5.92. The predicted molar refractivity (Wildman–Crippen MR) is 61.2 cm³/mol. The number of carbonyl (C=O) groups is 2. The maximum absolute atomic E-state index is 11.2. The van der Waals surface area contributed by atoms with Crippen LogP contribution in [-0.2, 0) is 0 Å². The van der Waals surface area contributed by atoms with Crippen molar-refractivity contribution in [2.45, 2.75) is 0 Å². The third-order valence-electron chi connectivity index (χ3n) is 2.37. The SMILES string of the molecule is NC(=O)c1cccn1-c1cccc(C(=O)O)c1. The van der Waals surface area contributed by atoms with Crippen molar-refractivity contribution in [1.82, 2.24) is 4.57 Å². The normalized spacial score (nSPS) is 10.1. The molecule has 2 rings (SSSR count). The van der Waals surface area contributed by atoms with Gasteiger partial charge in [-0.15, -0.1) is 0 Å². The molecule has 3 N–H and O–H groups in total. The van der Waals surface area contributed by atoms with Crippen molar-refractivity contribution < 1.29 is 14.7 Å². The fraction of sp³-hybridized carbons (Fsp3) is 0. The molecule has 1 aromatic carbocycles. The minimum absolute atomic E-state index is 0.159. The van der Waals surface area contributed by atoms with E-state index in [0.717, 1.165) is 0 Å². The zero-order chi connectivity index (χ0) is 12.4. The summed E-state index contributed by atoms with van der Waals surface area (Å²) in [5.41, 5.74) is 6.28. The molecule has 17 heavy (non-hydrogen) atoms. The van der Waals surface area contributed by atoms with Gasteiger partial charge in [0.25, 0.3) is 5.91 Å². The van der Waals surface area contributed by atoms with Gasteiger partial charge < -0.3 is 15.4 Å². The molecule has 1 heterocycles. The van der Waals surface area contributed by atoms with E-state index in [2.05, 4.69) is 0 Å². The van der Waals surface area contributed by atoms with Crippen molar-refractivity contribution in [2.75, 3.05) is 0 Å². The molecule has 5 nitrogen and oxygen atoms in total. The summed E-state index contributed by atoms with van der Waals surface area (Å²) >= 11 is 0. The molecule has 0 radical (unpaired) electrons. The number of carboxylic acid groups (broad SMARTS) is 1. The summed E-state index contributed by atoms with van der Waals surface area (Å²) in [5.74, 6) is -1.57. The number of amides is 1. The highest BCUT2D eigenvalue weighted by Gasteiger charge is 2.10. The molecule has 0 unspecified atom stereocenters. The Hall–Kier alpha value is -2.56. The Morgan fingerprint density at radius 2 is 1.94 bits per heavy atom. The zero-order valence-corrected chi connectivity index (χ0v) is 8.83. The summed E-state index contributed by atoms with van der Waals surface area (Å²) in [7, 11) is 0. The first-order valence-electron chi connectivity index (χ1n) is 4.90. The van der Waals surface area contributed by atoms with E-state index in [1.54, 1.807) is 35.0 Å². The van der Waals surface area contributed by atoms with Crippen molar-refractivity contribution in [1.29, 1.82) is 0 Å². The van der Waals surface area contributed by atoms with E-state index in [0.29, 0.717) is 11.4 Å². The van der Waals surface area contributed by atoms with Gasteiger partial charge in [-0.1, -0.05) is 6.07 Å². The standard InChI is InChI=1S/C12H10N2O3/c13-11(15)10-5-2-6-14(10)9-4-1-3-8(7-9)12(16)17/h1-7H,(H2,13,15)(H,16,17). The van der Waals surface area contributed by atoms with Crippen LogP contribution in [0, 0.1) is 0 Å². The van der Waals surface area contributed by atoms with E-state index in [4.69, 9.17) is 10.8 Å². The van der Waals surface area contributed by atoms with Crippen LogP contribution < -0.4 is 5.73 Å². The lowest BCUT2D eigenvalue weighted by Crippen LogP contribution is -2.15. The van der Waals surface area contributed by atoms with Crippen LogP contribution in [0.4, 0.5) is 0 Å². The van der Waals surface area contributed by atoms with Crippen LogP contribution in [-0.4, -0.2) is 21.6 Å². The number of carboxylic acids is 1. The smallest absolute Gasteiger partial charge is 0.335 e. The van der Waals surface area contributed by atoms with Crippen LogP contribution in [0.15, 0.2) is 42.6 Å². The lowest BCUT2D eigenvalue weighted by Gasteiger charge is -2.07. The van der Waals surface area contributed by atoms with Gasteiger partial charge in [0.15, 0.2) is 0 Å². The summed E-state index contributed by atoms with van der Waals surface area (Å²) in [6, 6.07) is 9.54. The van der Waals surface area contributed by atoms with Gasteiger partial charge in [0, 0.05) is 11.9 Å². The van der Waals surface area contributed by atoms with Gasteiger partial charge in [0.1, 0.15) is 5.69 Å². The van der Waals surface area contributed by atoms with Crippen molar-refractivity contribution in [3.63, 3.8) is 0 Å². The highest BCUT2D eigenvalue weighted by Crippen LogP contribution is 2.14. The van der Waals surface area contributed by atoms with E-state index in [-0.39, 0.29) is 5.56 Å². The zero-order valence-electron chi connectivity index (χ0n) is 8.83. The summed E-state index contributed by atoms with van der Waals surface area (Å²) < 4.78 is 1.55. The molecule has 0 aliphatic rings. The average molecular weight is 230 g/mol. The molecule has 1 aromatic heterocycles. The van der Waals surface area contributed by atoms with Gasteiger partial charge in [-0.3, -0.25) is 4.79 Å². The van der Waals surface area contributed by atoms with Crippen LogP contribution in [0.3, 0.4) is 0 Å². The first-order chi connectivity index (χ1) is 8.09. The molecule has 0 saturated heterocycles. The van der Waals surface area contributed by atoms with Crippen molar-refractivity contribution in [3.05, 3.63) is 53.9 Å². The third kappa shape index (κ3) is 2.03. The van der Waals surface area contributed by atoms with Gasteiger partial charge >= 0.3 is 5.97 Å². The number of hydrogen-bond acceptors (Lipinski definition) is 2. The molecule has 1 amide bonds. The summed E-state index contributed by atoms with van der Waals surface area (Å²) in [6.07, 6.45) is 1.65. The lowest BCUT2D eigenvalue weighted by molar-refractivity contribution is 0.0696. The number of aromatic nitrogens is 1. The van der Waals surface area contributed by atoms with Crippen LogP contribution >= 0.6 is 0 Å². The van der Waals surface area contributed by atoms with Crippen LogP contribution in [0.2, 0.25) is 0 Å². The van der Waals surface area contributed by atoms with Gasteiger partial charge in [-0.2, -0.15) is 0 Å². The van der Waals surface area contributed by atoms with E-state index >= 15 is 0 Å². The minimum Gasteiger partial charge on any atom is -0.478 e. The first-order valence-corrected chi connectivity index (χ1v) is 4.90. The molecule has 0 aliphatic heterocycles. The fourth-order valence-corrected chi connectivity index (χ4v) is 1.60. The Morgan fingerprint density at radius 3 is 2.59 bits per heavy atom. The molecule has 5 heteroatoms. The molecule has 0 fully saturated rings. The summed E-state index contributed by atoms with van der Waals surface area (Å²) in [6.45, 7) is 0. The maximum atomic E-state index is 11.2. The molecule has 0 atom stereocenters. The van der Waals surface area contributed by atoms with Gasteiger partial charge in [0.05, 0.1) is 5.56 Å². The Morgan fingerprint density at radius 1 is 1.18 bits per heavy atom. The highest BCUT2D eigenvalue weighted by atomic mass is 16.4. The average Bonchev–Trinajstić information content (AvgIpc) is 2.78. The Labute approximate surface area is 97.1 Å². The van der Waals surface area contributed by atoms with Gasteiger partial charge in [-0.05, 0) is 30.3 Å². The van der Waals surface area contributed by atoms with Crippen molar-refractivity contribution >= 4 is 11.9 Å². The molecular formula is C12H10N2O3. The molecular weight excluding hydrogens is 220 g/mol. The van der Waals surface area contributed by atoms with Crippen LogP contribution in [0.25, 0.3) is 5.69 Å².